The molecule has 3 heterocycles. The first-order valence-corrected chi connectivity index (χ1v) is 15.1. The summed E-state index contributed by atoms with van der Waals surface area (Å²) >= 11 is 0. The van der Waals surface area contributed by atoms with Crippen LogP contribution in [0.5, 0.6) is 0 Å². The molecule has 7 aromatic rings. The van der Waals surface area contributed by atoms with E-state index in [0.29, 0.717) is 0 Å². The average molecular weight is 501 g/mol. The zero-order valence-corrected chi connectivity index (χ0v) is 21.8. The molecule has 0 N–H and O–H groups in total. The average Bonchev–Trinajstić information content (AvgIpc) is 3.49. The van der Waals surface area contributed by atoms with Gasteiger partial charge in [0.1, 0.15) is 5.82 Å². The second-order valence-corrected chi connectivity index (χ2v) is 13.7. The van der Waals surface area contributed by atoms with E-state index in [0.717, 1.165) is 5.82 Å². The lowest BCUT2D eigenvalue weighted by atomic mass is 10.1. The number of aromatic nitrogens is 2. The van der Waals surface area contributed by atoms with Crippen molar-refractivity contribution in [2.24, 2.45) is 0 Å². The largest absolute Gasteiger partial charge is 0.293 e. The van der Waals surface area contributed by atoms with Crippen LogP contribution in [0.4, 0.5) is 0 Å². The fourth-order valence-corrected chi connectivity index (χ4v) is 11.8. The van der Waals surface area contributed by atoms with Crippen molar-refractivity contribution in [3.8, 4) is 16.9 Å². The predicted molar refractivity (Wildman–Crippen MR) is 161 cm³/mol. The summed E-state index contributed by atoms with van der Waals surface area (Å²) in [5, 5.41) is 8.14. The molecular formula is C35H24N2Si. The first-order valence-electron chi connectivity index (χ1n) is 13.1. The van der Waals surface area contributed by atoms with Crippen LogP contribution in [0.25, 0.3) is 38.8 Å². The second-order valence-electron chi connectivity index (χ2n) is 9.95. The van der Waals surface area contributed by atoms with Gasteiger partial charge in [-0.1, -0.05) is 121 Å². The Morgan fingerprint density at radius 3 is 1.63 bits per heavy atom. The van der Waals surface area contributed by atoms with E-state index in [1.165, 1.54) is 53.7 Å². The standard InChI is InChI=1S/C35H24N2Si/c1-3-13-25(14-4-1)38(26-15-5-2-6-16-26)32-22-12-9-19-29(32)34-33(38)23-24-36-35(34)37-30-20-10-7-17-27(30)28-18-8-11-21-31(28)37/h1-24H. The molecule has 3 heteroatoms. The predicted octanol–water partition coefficient (Wildman–Crippen LogP) is 5.54. The Kier molecular flexibility index (Phi) is 4.57. The Hall–Kier alpha value is -4.73. The maximum absolute atomic E-state index is 5.13. The number of fused-ring (bicyclic) bond motifs is 6. The van der Waals surface area contributed by atoms with Gasteiger partial charge in [0.05, 0.1) is 11.0 Å². The maximum atomic E-state index is 5.13. The SMILES string of the molecule is c1ccc([Si]2(c3ccccc3)c3ccccc3-c3c2ccnc3-n2c3ccccc3c3ccccc32)cc1. The molecule has 5 aromatic carbocycles. The zero-order chi connectivity index (χ0) is 25.1. The van der Waals surface area contributed by atoms with Crippen molar-refractivity contribution in [1.29, 1.82) is 0 Å². The molecule has 2 nitrogen and oxygen atoms in total. The summed E-state index contributed by atoms with van der Waals surface area (Å²) in [5.41, 5.74) is 4.93. The minimum absolute atomic E-state index is 1.01. The van der Waals surface area contributed by atoms with Crippen molar-refractivity contribution in [2.75, 3.05) is 0 Å². The number of pyridine rings is 1. The molecular weight excluding hydrogens is 476 g/mol. The highest BCUT2D eigenvalue weighted by Crippen LogP contribution is 2.37. The molecule has 0 unspecified atom stereocenters. The van der Waals surface area contributed by atoms with E-state index < -0.39 is 8.07 Å². The number of hydrogen-bond acceptors (Lipinski definition) is 1. The molecule has 38 heavy (non-hydrogen) atoms. The zero-order valence-electron chi connectivity index (χ0n) is 20.8. The summed E-state index contributed by atoms with van der Waals surface area (Å²) < 4.78 is 2.38. The van der Waals surface area contributed by atoms with Gasteiger partial charge in [0.25, 0.3) is 0 Å². The topological polar surface area (TPSA) is 17.8 Å². The van der Waals surface area contributed by atoms with Gasteiger partial charge < -0.3 is 0 Å². The summed E-state index contributed by atoms with van der Waals surface area (Å²) in [6.07, 6.45) is 2.03. The maximum Gasteiger partial charge on any atom is 0.181 e. The minimum Gasteiger partial charge on any atom is -0.293 e. The normalized spacial score (nSPS) is 13.5. The van der Waals surface area contributed by atoms with Gasteiger partial charge in [0, 0.05) is 22.5 Å². The summed E-state index contributed by atoms with van der Waals surface area (Å²) in [7, 11) is -2.56. The lowest BCUT2D eigenvalue weighted by Gasteiger charge is -2.31. The van der Waals surface area contributed by atoms with Gasteiger partial charge in [-0.25, -0.2) is 4.98 Å². The van der Waals surface area contributed by atoms with Crippen LogP contribution in [0.2, 0.25) is 0 Å². The van der Waals surface area contributed by atoms with Crippen molar-refractivity contribution in [2.45, 2.75) is 0 Å². The highest BCUT2D eigenvalue weighted by Gasteiger charge is 2.49. The quantitative estimate of drug-likeness (QED) is 0.292. The third-order valence-electron chi connectivity index (χ3n) is 8.14. The minimum atomic E-state index is -2.56. The first kappa shape index (κ1) is 21.4. The van der Waals surface area contributed by atoms with Crippen molar-refractivity contribution in [3.63, 3.8) is 0 Å². The van der Waals surface area contributed by atoms with Crippen LogP contribution >= 0.6 is 0 Å². The van der Waals surface area contributed by atoms with Crippen LogP contribution in [-0.4, -0.2) is 17.6 Å². The number of hydrogen-bond donors (Lipinski definition) is 0. The Balaban J connectivity index is 1.56. The molecule has 0 saturated carbocycles. The van der Waals surface area contributed by atoms with Crippen LogP contribution in [0.1, 0.15) is 0 Å². The Morgan fingerprint density at radius 1 is 0.474 bits per heavy atom. The van der Waals surface area contributed by atoms with E-state index in [-0.39, 0.29) is 0 Å². The van der Waals surface area contributed by atoms with E-state index in [1.54, 1.807) is 0 Å². The van der Waals surface area contributed by atoms with Gasteiger partial charge in [0.2, 0.25) is 0 Å². The number of para-hydroxylation sites is 2. The Bertz CT molecular complexity index is 1880. The van der Waals surface area contributed by atoms with Crippen molar-refractivity contribution in [3.05, 3.63) is 146 Å². The molecule has 0 spiro atoms. The fraction of sp³-hybridized carbons (Fsp3) is 0. The summed E-state index contributed by atoms with van der Waals surface area (Å²) in [6, 6.07) is 51.0. The summed E-state index contributed by atoms with van der Waals surface area (Å²) in [6.45, 7) is 0. The van der Waals surface area contributed by atoms with Crippen LogP contribution in [-0.2, 0) is 0 Å². The number of nitrogens with zero attached hydrogens (tertiary/aromatic N) is 2. The molecule has 0 aliphatic carbocycles. The second kappa shape index (κ2) is 8.14. The number of rotatable bonds is 3. The van der Waals surface area contributed by atoms with E-state index in [4.69, 9.17) is 4.98 Å². The molecule has 0 amide bonds. The highest BCUT2D eigenvalue weighted by atomic mass is 28.3. The highest BCUT2D eigenvalue weighted by molar-refractivity contribution is 7.22. The van der Waals surface area contributed by atoms with Crippen LogP contribution < -0.4 is 20.7 Å². The first-order chi connectivity index (χ1) is 18.9. The van der Waals surface area contributed by atoms with E-state index in [1.807, 2.05) is 6.20 Å². The molecule has 2 aromatic heterocycles. The molecule has 0 saturated heterocycles. The lowest BCUT2D eigenvalue weighted by Crippen LogP contribution is -2.72. The van der Waals surface area contributed by atoms with Gasteiger partial charge in [-0.05, 0) is 44.5 Å². The van der Waals surface area contributed by atoms with Crippen molar-refractivity contribution < 1.29 is 0 Å². The molecule has 1 aliphatic heterocycles. The Labute approximate surface area is 222 Å². The molecule has 8 rings (SSSR count). The monoisotopic (exact) mass is 500 g/mol. The van der Waals surface area contributed by atoms with Crippen molar-refractivity contribution in [1.82, 2.24) is 9.55 Å². The van der Waals surface area contributed by atoms with E-state index in [9.17, 15) is 0 Å². The molecule has 0 fully saturated rings. The summed E-state index contributed by atoms with van der Waals surface area (Å²) in [4.78, 5) is 5.13. The van der Waals surface area contributed by atoms with Gasteiger partial charge in [0.15, 0.2) is 8.07 Å². The Morgan fingerprint density at radius 2 is 1.00 bits per heavy atom. The van der Waals surface area contributed by atoms with Gasteiger partial charge >= 0.3 is 0 Å². The third-order valence-corrected chi connectivity index (χ3v) is 13.0. The van der Waals surface area contributed by atoms with E-state index >= 15 is 0 Å². The molecule has 178 valence electrons. The van der Waals surface area contributed by atoms with E-state index in [2.05, 4.69) is 144 Å². The van der Waals surface area contributed by atoms with Gasteiger partial charge in [-0.3, -0.25) is 4.57 Å². The fourth-order valence-electron chi connectivity index (χ4n) is 6.69. The third kappa shape index (κ3) is 2.74. The summed E-state index contributed by atoms with van der Waals surface area (Å²) in [5.74, 6) is 1.01. The lowest BCUT2D eigenvalue weighted by molar-refractivity contribution is 1.09. The van der Waals surface area contributed by atoms with Gasteiger partial charge in [-0.15, -0.1) is 0 Å². The molecule has 0 atom stereocenters. The van der Waals surface area contributed by atoms with Crippen LogP contribution in [0, 0.1) is 0 Å². The molecule has 0 radical (unpaired) electrons. The smallest absolute Gasteiger partial charge is 0.181 e. The molecule has 1 aliphatic rings. The van der Waals surface area contributed by atoms with Gasteiger partial charge in [-0.2, -0.15) is 0 Å². The molecule has 0 bridgehead atoms. The number of benzene rings is 5. The van der Waals surface area contributed by atoms with Crippen LogP contribution in [0.15, 0.2) is 146 Å². The van der Waals surface area contributed by atoms with Crippen LogP contribution in [0.3, 0.4) is 0 Å². The van der Waals surface area contributed by atoms with Crippen molar-refractivity contribution >= 4 is 50.6 Å².